The molecular formula is C22H28FN3O. The molecule has 0 aliphatic carbocycles. The first kappa shape index (κ1) is 19.4. The number of urea groups is 1. The Morgan fingerprint density at radius 3 is 2.48 bits per heavy atom. The maximum atomic E-state index is 13.3. The van der Waals surface area contributed by atoms with E-state index >= 15 is 0 Å². The van der Waals surface area contributed by atoms with Crippen LogP contribution in [0, 0.1) is 5.82 Å². The van der Waals surface area contributed by atoms with Gasteiger partial charge in [-0.1, -0.05) is 30.7 Å². The molecule has 1 saturated heterocycles. The summed E-state index contributed by atoms with van der Waals surface area (Å²) >= 11 is 0. The van der Waals surface area contributed by atoms with E-state index in [1.165, 1.54) is 44.5 Å². The van der Waals surface area contributed by atoms with Crippen molar-refractivity contribution >= 4 is 11.7 Å². The maximum absolute atomic E-state index is 13.3. The van der Waals surface area contributed by atoms with Gasteiger partial charge in [0.2, 0.25) is 0 Å². The van der Waals surface area contributed by atoms with Crippen LogP contribution in [0.5, 0.6) is 0 Å². The first-order valence-electron chi connectivity index (χ1n) is 9.84. The molecule has 144 valence electrons. The van der Waals surface area contributed by atoms with E-state index in [2.05, 4.69) is 15.5 Å². The second-order valence-corrected chi connectivity index (χ2v) is 7.08. The predicted octanol–water partition coefficient (Wildman–Crippen LogP) is 4.88. The second-order valence-electron chi connectivity index (χ2n) is 7.08. The van der Waals surface area contributed by atoms with Gasteiger partial charge >= 0.3 is 6.03 Å². The van der Waals surface area contributed by atoms with Gasteiger partial charge in [0.1, 0.15) is 5.82 Å². The highest BCUT2D eigenvalue weighted by Crippen LogP contribution is 2.22. The van der Waals surface area contributed by atoms with Gasteiger partial charge in [-0.2, -0.15) is 0 Å². The van der Waals surface area contributed by atoms with Gasteiger partial charge in [0.15, 0.2) is 0 Å². The van der Waals surface area contributed by atoms with Crippen LogP contribution in [0.25, 0.3) is 11.1 Å². The fraction of sp³-hybridized carbons (Fsp3) is 0.409. The summed E-state index contributed by atoms with van der Waals surface area (Å²) in [6.45, 7) is 4.25. The molecule has 5 heteroatoms. The molecule has 1 aliphatic rings. The number of unbranched alkanes of at least 4 members (excludes halogenated alkanes) is 1. The minimum absolute atomic E-state index is 0.188. The van der Waals surface area contributed by atoms with Gasteiger partial charge in [-0.25, -0.2) is 9.18 Å². The van der Waals surface area contributed by atoms with Gasteiger partial charge in [-0.05, 0) is 80.7 Å². The second kappa shape index (κ2) is 10.1. The molecule has 1 aliphatic heterocycles. The number of halogens is 1. The van der Waals surface area contributed by atoms with Crippen molar-refractivity contribution in [3.8, 4) is 11.1 Å². The van der Waals surface area contributed by atoms with Crippen molar-refractivity contribution in [2.24, 2.45) is 0 Å². The van der Waals surface area contributed by atoms with E-state index in [0.29, 0.717) is 6.54 Å². The molecule has 2 aromatic carbocycles. The number of rotatable bonds is 7. The van der Waals surface area contributed by atoms with E-state index in [0.717, 1.165) is 36.2 Å². The number of carbonyl (C=O) groups excluding carboxylic acids is 1. The minimum atomic E-state index is -0.255. The van der Waals surface area contributed by atoms with E-state index in [-0.39, 0.29) is 11.8 Å². The largest absolute Gasteiger partial charge is 0.338 e. The number of anilines is 1. The van der Waals surface area contributed by atoms with Gasteiger partial charge in [0.25, 0.3) is 0 Å². The summed E-state index contributed by atoms with van der Waals surface area (Å²) in [6, 6.07) is 13.7. The summed E-state index contributed by atoms with van der Waals surface area (Å²) in [7, 11) is 0. The van der Waals surface area contributed by atoms with Crippen molar-refractivity contribution in [2.45, 2.75) is 32.1 Å². The molecule has 0 unspecified atom stereocenters. The number of hydrogen-bond acceptors (Lipinski definition) is 2. The molecule has 1 heterocycles. The van der Waals surface area contributed by atoms with Gasteiger partial charge in [-0.3, -0.25) is 0 Å². The average Bonchev–Trinajstić information content (AvgIpc) is 2.69. The number of amides is 2. The smallest absolute Gasteiger partial charge is 0.319 e. The Hall–Kier alpha value is -2.40. The molecule has 0 radical (unpaired) electrons. The van der Waals surface area contributed by atoms with Crippen LogP contribution < -0.4 is 10.6 Å². The number of nitrogens with one attached hydrogen (secondary N) is 2. The molecular weight excluding hydrogens is 341 g/mol. The lowest BCUT2D eigenvalue weighted by Crippen LogP contribution is -2.32. The van der Waals surface area contributed by atoms with Gasteiger partial charge in [0, 0.05) is 12.2 Å². The van der Waals surface area contributed by atoms with Gasteiger partial charge in [-0.15, -0.1) is 0 Å². The van der Waals surface area contributed by atoms with E-state index in [1.54, 1.807) is 6.07 Å². The lowest BCUT2D eigenvalue weighted by atomic mass is 10.1. The standard InChI is InChI=1S/C22H28FN3O/c23-20-8-6-7-19(17-20)18-9-11-21(12-10-18)25-22(27)24-13-2-5-16-26-14-3-1-4-15-26/h6-12,17H,1-5,13-16H2,(H2,24,25,27). The molecule has 0 saturated carbocycles. The molecule has 2 aromatic rings. The summed E-state index contributed by atoms with van der Waals surface area (Å²) in [5, 5.41) is 5.74. The third-order valence-corrected chi connectivity index (χ3v) is 4.94. The number of likely N-dealkylation sites (tertiary alicyclic amines) is 1. The lowest BCUT2D eigenvalue weighted by Gasteiger charge is -2.26. The molecule has 27 heavy (non-hydrogen) atoms. The summed E-state index contributed by atoms with van der Waals surface area (Å²) in [5.74, 6) is -0.255. The fourth-order valence-corrected chi connectivity index (χ4v) is 3.43. The van der Waals surface area contributed by atoms with Crippen molar-refractivity contribution < 1.29 is 9.18 Å². The topological polar surface area (TPSA) is 44.4 Å². The third-order valence-electron chi connectivity index (χ3n) is 4.94. The van der Waals surface area contributed by atoms with Crippen molar-refractivity contribution in [3.63, 3.8) is 0 Å². The van der Waals surface area contributed by atoms with E-state index in [9.17, 15) is 9.18 Å². The molecule has 1 fully saturated rings. The van der Waals surface area contributed by atoms with Crippen LogP contribution in [0.4, 0.5) is 14.9 Å². The molecule has 0 bridgehead atoms. The zero-order chi connectivity index (χ0) is 18.9. The number of piperidine rings is 1. The van der Waals surface area contributed by atoms with Crippen LogP contribution in [-0.4, -0.2) is 37.1 Å². The monoisotopic (exact) mass is 369 g/mol. The van der Waals surface area contributed by atoms with Crippen LogP contribution in [0.1, 0.15) is 32.1 Å². The van der Waals surface area contributed by atoms with E-state index < -0.39 is 0 Å². The molecule has 3 rings (SSSR count). The van der Waals surface area contributed by atoms with Crippen LogP contribution in [0.2, 0.25) is 0 Å². The minimum Gasteiger partial charge on any atom is -0.338 e. The molecule has 0 spiro atoms. The number of benzene rings is 2. The normalized spacial score (nSPS) is 14.7. The first-order valence-corrected chi connectivity index (χ1v) is 9.84. The van der Waals surface area contributed by atoms with E-state index in [4.69, 9.17) is 0 Å². The molecule has 2 N–H and O–H groups in total. The van der Waals surface area contributed by atoms with Crippen molar-refractivity contribution in [1.82, 2.24) is 10.2 Å². The molecule has 0 aromatic heterocycles. The van der Waals surface area contributed by atoms with Gasteiger partial charge < -0.3 is 15.5 Å². The Morgan fingerprint density at radius 2 is 1.74 bits per heavy atom. The van der Waals surface area contributed by atoms with Gasteiger partial charge in [0.05, 0.1) is 0 Å². The molecule has 4 nitrogen and oxygen atoms in total. The van der Waals surface area contributed by atoms with Crippen molar-refractivity contribution in [1.29, 1.82) is 0 Å². The number of nitrogens with zero attached hydrogens (tertiary/aromatic N) is 1. The Labute approximate surface area is 160 Å². The maximum Gasteiger partial charge on any atom is 0.319 e. The Morgan fingerprint density at radius 1 is 0.963 bits per heavy atom. The number of hydrogen-bond donors (Lipinski definition) is 2. The highest BCUT2D eigenvalue weighted by molar-refractivity contribution is 5.89. The van der Waals surface area contributed by atoms with Crippen molar-refractivity contribution in [2.75, 3.05) is 31.5 Å². The highest BCUT2D eigenvalue weighted by atomic mass is 19.1. The van der Waals surface area contributed by atoms with Crippen molar-refractivity contribution in [3.05, 3.63) is 54.3 Å². The summed E-state index contributed by atoms with van der Waals surface area (Å²) in [6.07, 6.45) is 6.10. The molecule has 0 atom stereocenters. The third kappa shape index (κ3) is 6.36. The molecule has 2 amide bonds. The zero-order valence-corrected chi connectivity index (χ0v) is 15.7. The summed E-state index contributed by atoms with van der Waals surface area (Å²) < 4.78 is 13.3. The van der Waals surface area contributed by atoms with Crippen LogP contribution in [-0.2, 0) is 0 Å². The SMILES string of the molecule is O=C(NCCCCN1CCCCC1)Nc1ccc(-c2cccc(F)c2)cc1. The number of carbonyl (C=O) groups is 1. The zero-order valence-electron chi connectivity index (χ0n) is 15.7. The summed E-state index contributed by atoms with van der Waals surface area (Å²) in [5.41, 5.74) is 2.46. The predicted molar refractivity (Wildman–Crippen MR) is 108 cm³/mol. The first-order chi connectivity index (χ1) is 13.2. The highest BCUT2D eigenvalue weighted by Gasteiger charge is 2.09. The lowest BCUT2D eigenvalue weighted by molar-refractivity contribution is 0.224. The van der Waals surface area contributed by atoms with Crippen LogP contribution in [0.15, 0.2) is 48.5 Å². The summed E-state index contributed by atoms with van der Waals surface area (Å²) in [4.78, 5) is 14.5. The fourth-order valence-electron chi connectivity index (χ4n) is 3.43. The van der Waals surface area contributed by atoms with E-state index in [1.807, 2.05) is 30.3 Å². The average molecular weight is 369 g/mol. The Bertz CT molecular complexity index is 727. The Kier molecular flexibility index (Phi) is 7.22. The quantitative estimate of drug-likeness (QED) is 0.683. The van der Waals surface area contributed by atoms with Crippen LogP contribution in [0.3, 0.4) is 0 Å². The Balaban J connectivity index is 1.36. The van der Waals surface area contributed by atoms with Crippen LogP contribution >= 0.6 is 0 Å².